The van der Waals surface area contributed by atoms with Gasteiger partial charge >= 0.3 is 0 Å². The van der Waals surface area contributed by atoms with Crippen molar-refractivity contribution in [1.82, 2.24) is 10.2 Å². The molecule has 1 aliphatic rings. The Balaban J connectivity index is 2.10. The zero-order chi connectivity index (χ0) is 12.0. The normalized spacial score (nSPS) is 23.2. The highest BCUT2D eigenvalue weighted by Crippen LogP contribution is 2.12. The highest BCUT2D eigenvalue weighted by molar-refractivity contribution is 4.74. The maximum atomic E-state index is 5.42. The molecule has 0 saturated carbocycles. The molecule has 0 aromatic heterocycles. The number of ether oxygens (including phenoxy) is 1. The molecule has 3 heteroatoms. The highest BCUT2D eigenvalue weighted by Gasteiger charge is 2.21. The standard InChI is InChI=1S/C13H28N2O/c1-11(2)7-14-8-12(3)9-15(4)13-5-6-16-10-13/h11-14H,5-10H2,1-4H3. The minimum absolute atomic E-state index is 0.646. The van der Waals surface area contributed by atoms with E-state index in [9.17, 15) is 0 Å². The summed E-state index contributed by atoms with van der Waals surface area (Å²) in [5.74, 6) is 1.46. The predicted molar refractivity (Wildman–Crippen MR) is 68.7 cm³/mol. The second kappa shape index (κ2) is 7.25. The molecule has 1 rings (SSSR count). The van der Waals surface area contributed by atoms with Gasteiger partial charge in [0.1, 0.15) is 0 Å². The lowest BCUT2D eigenvalue weighted by molar-refractivity contribution is 0.150. The van der Waals surface area contributed by atoms with E-state index in [2.05, 4.69) is 38.0 Å². The molecule has 1 fully saturated rings. The van der Waals surface area contributed by atoms with Crippen LogP contribution in [0, 0.1) is 11.8 Å². The van der Waals surface area contributed by atoms with Crippen molar-refractivity contribution >= 4 is 0 Å². The van der Waals surface area contributed by atoms with Gasteiger partial charge in [-0.05, 0) is 38.4 Å². The summed E-state index contributed by atoms with van der Waals surface area (Å²) in [6.07, 6.45) is 1.20. The summed E-state index contributed by atoms with van der Waals surface area (Å²) in [6, 6.07) is 0.646. The fourth-order valence-corrected chi connectivity index (χ4v) is 2.19. The van der Waals surface area contributed by atoms with Gasteiger partial charge in [0.25, 0.3) is 0 Å². The SMILES string of the molecule is CC(C)CNCC(C)CN(C)C1CCOC1. The van der Waals surface area contributed by atoms with Crippen molar-refractivity contribution in [2.75, 3.05) is 39.9 Å². The molecule has 96 valence electrons. The van der Waals surface area contributed by atoms with Gasteiger partial charge in [-0.1, -0.05) is 20.8 Å². The number of likely N-dealkylation sites (N-methyl/N-ethyl adjacent to an activating group) is 1. The van der Waals surface area contributed by atoms with E-state index in [0.717, 1.165) is 32.2 Å². The molecule has 2 unspecified atom stereocenters. The Morgan fingerprint density at radius 3 is 2.62 bits per heavy atom. The summed E-state index contributed by atoms with van der Waals surface area (Å²) < 4.78 is 5.42. The summed E-state index contributed by atoms with van der Waals surface area (Å²) in [5.41, 5.74) is 0. The molecule has 0 aromatic rings. The van der Waals surface area contributed by atoms with E-state index in [1.165, 1.54) is 13.0 Å². The average Bonchev–Trinajstić information content (AvgIpc) is 2.69. The van der Waals surface area contributed by atoms with Crippen LogP contribution in [0.25, 0.3) is 0 Å². The topological polar surface area (TPSA) is 24.5 Å². The lowest BCUT2D eigenvalue weighted by atomic mass is 10.1. The Labute approximate surface area is 101 Å². The van der Waals surface area contributed by atoms with Gasteiger partial charge < -0.3 is 15.0 Å². The molecule has 0 aliphatic carbocycles. The van der Waals surface area contributed by atoms with Crippen molar-refractivity contribution in [2.24, 2.45) is 11.8 Å². The summed E-state index contributed by atoms with van der Waals surface area (Å²) >= 11 is 0. The van der Waals surface area contributed by atoms with Crippen LogP contribution in [0.3, 0.4) is 0 Å². The van der Waals surface area contributed by atoms with E-state index in [1.54, 1.807) is 0 Å². The first-order valence-electron chi connectivity index (χ1n) is 6.58. The molecule has 1 aliphatic heterocycles. The van der Waals surface area contributed by atoms with Crippen LogP contribution in [0.15, 0.2) is 0 Å². The van der Waals surface area contributed by atoms with Crippen LogP contribution >= 0.6 is 0 Å². The molecular formula is C13H28N2O. The molecule has 2 atom stereocenters. The lowest BCUT2D eigenvalue weighted by Gasteiger charge is -2.26. The number of rotatable bonds is 7. The van der Waals surface area contributed by atoms with Gasteiger partial charge in [-0.3, -0.25) is 0 Å². The average molecular weight is 228 g/mol. The van der Waals surface area contributed by atoms with Crippen LogP contribution < -0.4 is 5.32 Å². The summed E-state index contributed by atoms with van der Waals surface area (Å²) in [5, 5.41) is 3.52. The van der Waals surface area contributed by atoms with Crippen molar-refractivity contribution in [2.45, 2.75) is 33.2 Å². The molecule has 0 bridgehead atoms. The van der Waals surface area contributed by atoms with Gasteiger partial charge in [-0.25, -0.2) is 0 Å². The van der Waals surface area contributed by atoms with E-state index in [1.807, 2.05) is 0 Å². The lowest BCUT2D eigenvalue weighted by Crippen LogP contribution is -2.38. The molecule has 0 spiro atoms. The van der Waals surface area contributed by atoms with Crippen molar-refractivity contribution in [1.29, 1.82) is 0 Å². The van der Waals surface area contributed by atoms with Crippen LogP contribution in [-0.4, -0.2) is 50.8 Å². The monoisotopic (exact) mass is 228 g/mol. The first kappa shape index (κ1) is 13.9. The third kappa shape index (κ3) is 5.28. The molecule has 1 heterocycles. The van der Waals surface area contributed by atoms with E-state index < -0.39 is 0 Å². The summed E-state index contributed by atoms with van der Waals surface area (Å²) in [4.78, 5) is 2.45. The second-order valence-electron chi connectivity index (χ2n) is 5.61. The number of nitrogens with zero attached hydrogens (tertiary/aromatic N) is 1. The maximum absolute atomic E-state index is 5.42. The van der Waals surface area contributed by atoms with Crippen LogP contribution in [-0.2, 0) is 4.74 Å². The highest BCUT2D eigenvalue weighted by atomic mass is 16.5. The van der Waals surface area contributed by atoms with Crippen molar-refractivity contribution in [3.05, 3.63) is 0 Å². The van der Waals surface area contributed by atoms with E-state index >= 15 is 0 Å². The van der Waals surface area contributed by atoms with Gasteiger partial charge in [-0.15, -0.1) is 0 Å². The third-order valence-electron chi connectivity index (χ3n) is 3.17. The second-order valence-corrected chi connectivity index (χ2v) is 5.61. The largest absolute Gasteiger partial charge is 0.380 e. The van der Waals surface area contributed by atoms with Crippen LogP contribution in [0.4, 0.5) is 0 Å². The maximum Gasteiger partial charge on any atom is 0.0622 e. The molecule has 0 radical (unpaired) electrons. The molecule has 0 amide bonds. The van der Waals surface area contributed by atoms with E-state index in [-0.39, 0.29) is 0 Å². The summed E-state index contributed by atoms with van der Waals surface area (Å²) in [6.45, 7) is 12.1. The Hall–Kier alpha value is -0.120. The van der Waals surface area contributed by atoms with Crippen LogP contribution in [0.1, 0.15) is 27.2 Å². The van der Waals surface area contributed by atoms with Gasteiger partial charge in [0.15, 0.2) is 0 Å². The third-order valence-corrected chi connectivity index (χ3v) is 3.17. The summed E-state index contributed by atoms with van der Waals surface area (Å²) in [7, 11) is 2.22. The van der Waals surface area contributed by atoms with Crippen molar-refractivity contribution < 1.29 is 4.74 Å². The van der Waals surface area contributed by atoms with Gasteiger partial charge in [0, 0.05) is 19.2 Å². The Morgan fingerprint density at radius 1 is 1.31 bits per heavy atom. The zero-order valence-electron chi connectivity index (χ0n) is 11.3. The Bertz CT molecular complexity index is 179. The minimum Gasteiger partial charge on any atom is -0.380 e. The zero-order valence-corrected chi connectivity index (χ0v) is 11.3. The van der Waals surface area contributed by atoms with Crippen molar-refractivity contribution in [3.63, 3.8) is 0 Å². The molecule has 0 aromatic carbocycles. The molecule has 16 heavy (non-hydrogen) atoms. The van der Waals surface area contributed by atoms with Crippen LogP contribution in [0.2, 0.25) is 0 Å². The van der Waals surface area contributed by atoms with Gasteiger partial charge in [0.2, 0.25) is 0 Å². The van der Waals surface area contributed by atoms with Gasteiger partial charge in [-0.2, -0.15) is 0 Å². The van der Waals surface area contributed by atoms with Crippen LogP contribution in [0.5, 0.6) is 0 Å². The van der Waals surface area contributed by atoms with Gasteiger partial charge in [0.05, 0.1) is 6.61 Å². The number of hydrogen-bond acceptors (Lipinski definition) is 3. The quantitative estimate of drug-likeness (QED) is 0.716. The fraction of sp³-hybridized carbons (Fsp3) is 1.00. The molecule has 3 nitrogen and oxygen atoms in total. The number of hydrogen-bond donors (Lipinski definition) is 1. The molecular weight excluding hydrogens is 200 g/mol. The first-order valence-corrected chi connectivity index (χ1v) is 6.58. The minimum atomic E-state index is 0.646. The molecule has 1 N–H and O–H groups in total. The van der Waals surface area contributed by atoms with Crippen molar-refractivity contribution in [3.8, 4) is 0 Å². The van der Waals surface area contributed by atoms with E-state index in [0.29, 0.717) is 12.0 Å². The first-order chi connectivity index (χ1) is 7.59. The fourth-order valence-electron chi connectivity index (χ4n) is 2.19. The number of nitrogens with one attached hydrogen (secondary N) is 1. The predicted octanol–water partition coefficient (Wildman–Crippen LogP) is 1.59. The van der Waals surface area contributed by atoms with E-state index in [4.69, 9.17) is 4.74 Å². The Morgan fingerprint density at radius 2 is 2.06 bits per heavy atom. The Kier molecular flexibility index (Phi) is 6.32. The molecule has 1 saturated heterocycles. The smallest absolute Gasteiger partial charge is 0.0622 e.